The molecule has 2 N–H and O–H groups in total. The molecule has 3 heteroatoms. The first-order valence-electron chi connectivity index (χ1n) is 6.73. The zero-order chi connectivity index (χ0) is 11.5. The molecule has 4 atom stereocenters. The van der Waals surface area contributed by atoms with E-state index in [0.717, 1.165) is 6.04 Å². The topological polar surface area (TPSA) is 38.5 Å². The Morgan fingerprint density at radius 1 is 1.31 bits per heavy atom. The number of nitrogens with two attached hydrogens (primary N) is 1. The molecule has 0 amide bonds. The molecule has 94 valence electrons. The van der Waals surface area contributed by atoms with Crippen LogP contribution in [0, 0.1) is 5.92 Å². The Labute approximate surface area is 99.3 Å². The van der Waals surface area contributed by atoms with Crippen molar-refractivity contribution in [1.82, 2.24) is 4.90 Å². The molecule has 2 fully saturated rings. The number of rotatable bonds is 3. The number of hydrogen-bond acceptors (Lipinski definition) is 3. The lowest BCUT2D eigenvalue weighted by Crippen LogP contribution is -2.40. The first-order valence-corrected chi connectivity index (χ1v) is 6.73. The van der Waals surface area contributed by atoms with Gasteiger partial charge >= 0.3 is 0 Å². The van der Waals surface area contributed by atoms with Crippen LogP contribution in [-0.4, -0.2) is 43.3 Å². The summed E-state index contributed by atoms with van der Waals surface area (Å²) in [5, 5.41) is 0. The van der Waals surface area contributed by atoms with Gasteiger partial charge in [0, 0.05) is 25.7 Å². The minimum absolute atomic E-state index is 0.354. The number of nitrogens with zero attached hydrogens (tertiary/aromatic N) is 1. The zero-order valence-electron chi connectivity index (χ0n) is 10.7. The van der Waals surface area contributed by atoms with Crippen LogP contribution in [0.2, 0.25) is 0 Å². The quantitative estimate of drug-likeness (QED) is 0.794. The summed E-state index contributed by atoms with van der Waals surface area (Å²) in [6.07, 6.45) is 6.92. The van der Waals surface area contributed by atoms with Crippen LogP contribution in [0.25, 0.3) is 0 Å². The van der Waals surface area contributed by atoms with E-state index in [1.165, 1.54) is 45.2 Å². The molecule has 0 spiro atoms. The highest BCUT2D eigenvalue weighted by Gasteiger charge is 2.32. The maximum atomic E-state index is 5.99. The molecule has 0 aromatic rings. The van der Waals surface area contributed by atoms with Gasteiger partial charge in [-0.25, -0.2) is 0 Å². The summed E-state index contributed by atoms with van der Waals surface area (Å²) in [5.74, 6) is 0.711. The van der Waals surface area contributed by atoms with Gasteiger partial charge in [-0.3, -0.25) is 4.90 Å². The van der Waals surface area contributed by atoms with Crippen LogP contribution in [-0.2, 0) is 4.74 Å². The van der Waals surface area contributed by atoms with E-state index >= 15 is 0 Å². The highest BCUT2D eigenvalue weighted by atomic mass is 16.5. The zero-order valence-corrected chi connectivity index (χ0v) is 10.7. The summed E-state index contributed by atoms with van der Waals surface area (Å²) in [5.41, 5.74) is 5.99. The van der Waals surface area contributed by atoms with Gasteiger partial charge in [-0.05, 0) is 51.5 Å². The molecule has 0 radical (unpaired) electrons. The largest absolute Gasteiger partial charge is 0.381 e. The molecule has 16 heavy (non-hydrogen) atoms. The normalized spacial score (nSPS) is 38.8. The summed E-state index contributed by atoms with van der Waals surface area (Å²) in [7, 11) is 1.85. The van der Waals surface area contributed by atoms with Gasteiger partial charge in [0.2, 0.25) is 0 Å². The van der Waals surface area contributed by atoms with E-state index in [9.17, 15) is 0 Å². The molecule has 1 saturated heterocycles. The summed E-state index contributed by atoms with van der Waals surface area (Å²) >= 11 is 0. The van der Waals surface area contributed by atoms with E-state index in [-0.39, 0.29) is 0 Å². The Hall–Kier alpha value is -0.120. The second kappa shape index (κ2) is 5.48. The van der Waals surface area contributed by atoms with Crippen molar-refractivity contribution >= 4 is 0 Å². The fraction of sp³-hybridized carbons (Fsp3) is 1.00. The average molecular weight is 226 g/mol. The number of methoxy groups -OCH3 is 1. The van der Waals surface area contributed by atoms with Gasteiger partial charge in [-0.15, -0.1) is 0 Å². The van der Waals surface area contributed by atoms with E-state index < -0.39 is 0 Å². The Morgan fingerprint density at radius 3 is 2.75 bits per heavy atom. The van der Waals surface area contributed by atoms with Crippen molar-refractivity contribution in [2.45, 2.75) is 57.2 Å². The Kier molecular flexibility index (Phi) is 4.22. The lowest BCUT2D eigenvalue weighted by Gasteiger charge is -2.35. The number of hydrogen-bond donors (Lipinski definition) is 1. The molecule has 0 aromatic heterocycles. The predicted octanol–water partition coefficient (Wildman–Crippen LogP) is 1.61. The number of likely N-dealkylation sites (tertiary alicyclic amines) is 1. The van der Waals surface area contributed by atoms with Gasteiger partial charge < -0.3 is 10.5 Å². The van der Waals surface area contributed by atoms with Crippen LogP contribution < -0.4 is 5.73 Å². The third-order valence-electron chi connectivity index (χ3n) is 4.45. The van der Waals surface area contributed by atoms with E-state index in [1.807, 2.05) is 7.11 Å². The van der Waals surface area contributed by atoms with Gasteiger partial charge in [0.05, 0.1) is 6.10 Å². The van der Waals surface area contributed by atoms with E-state index in [1.54, 1.807) is 0 Å². The molecule has 4 unspecified atom stereocenters. The lowest BCUT2D eigenvalue weighted by atomic mass is 9.92. The van der Waals surface area contributed by atoms with Crippen LogP contribution in [0.1, 0.15) is 39.0 Å². The molecule has 2 rings (SSSR count). The molecular weight excluding hydrogens is 200 g/mol. The molecule has 1 heterocycles. The minimum atomic E-state index is 0.354. The average Bonchev–Trinajstić information content (AvgIpc) is 2.78. The molecule has 3 nitrogen and oxygen atoms in total. The number of ether oxygens (including phenoxy) is 1. The van der Waals surface area contributed by atoms with Crippen molar-refractivity contribution in [3.63, 3.8) is 0 Å². The van der Waals surface area contributed by atoms with Crippen molar-refractivity contribution < 1.29 is 4.74 Å². The standard InChI is InChI=1S/C13H26N2O/c1-10(14)11-6-7-15(9-11)12-4-3-5-13(8-12)16-2/h10-13H,3-9,14H2,1-2H3. The third kappa shape index (κ3) is 2.76. The van der Waals surface area contributed by atoms with Crippen molar-refractivity contribution in [1.29, 1.82) is 0 Å². The summed E-state index contributed by atoms with van der Waals surface area (Å²) in [6, 6.07) is 1.11. The maximum absolute atomic E-state index is 5.99. The lowest BCUT2D eigenvalue weighted by molar-refractivity contribution is 0.0330. The van der Waals surface area contributed by atoms with Crippen LogP contribution in [0.3, 0.4) is 0 Å². The van der Waals surface area contributed by atoms with Crippen molar-refractivity contribution in [3.8, 4) is 0 Å². The molecule has 2 aliphatic rings. The van der Waals surface area contributed by atoms with Crippen molar-refractivity contribution in [3.05, 3.63) is 0 Å². The van der Waals surface area contributed by atoms with E-state index in [0.29, 0.717) is 18.1 Å². The van der Waals surface area contributed by atoms with Crippen LogP contribution in [0.5, 0.6) is 0 Å². The van der Waals surface area contributed by atoms with Gasteiger partial charge in [0.25, 0.3) is 0 Å². The Morgan fingerprint density at radius 2 is 2.12 bits per heavy atom. The van der Waals surface area contributed by atoms with E-state index in [4.69, 9.17) is 10.5 Å². The highest BCUT2D eigenvalue weighted by Crippen LogP contribution is 2.29. The van der Waals surface area contributed by atoms with Crippen LogP contribution >= 0.6 is 0 Å². The molecule has 0 bridgehead atoms. The van der Waals surface area contributed by atoms with Crippen molar-refractivity contribution in [2.75, 3.05) is 20.2 Å². The first kappa shape index (κ1) is 12.3. The van der Waals surface area contributed by atoms with Gasteiger partial charge in [-0.2, -0.15) is 0 Å². The fourth-order valence-corrected chi connectivity index (χ4v) is 3.24. The summed E-state index contributed by atoms with van der Waals surface area (Å²) in [4.78, 5) is 2.65. The SMILES string of the molecule is COC1CCCC(N2CCC(C(C)N)C2)C1. The first-order chi connectivity index (χ1) is 7.70. The second-order valence-electron chi connectivity index (χ2n) is 5.58. The smallest absolute Gasteiger partial charge is 0.0586 e. The van der Waals surface area contributed by atoms with Gasteiger partial charge in [-0.1, -0.05) is 0 Å². The fourth-order valence-electron chi connectivity index (χ4n) is 3.24. The highest BCUT2D eigenvalue weighted by molar-refractivity contribution is 4.88. The molecule has 1 aliphatic heterocycles. The molecule has 1 aliphatic carbocycles. The summed E-state index contributed by atoms with van der Waals surface area (Å²) in [6.45, 7) is 4.60. The van der Waals surface area contributed by atoms with Crippen LogP contribution in [0.4, 0.5) is 0 Å². The third-order valence-corrected chi connectivity index (χ3v) is 4.45. The predicted molar refractivity (Wildman–Crippen MR) is 66.4 cm³/mol. The Balaban J connectivity index is 1.84. The van der Waals surface area contributed by atoms with Crippen LogP contribution in [0.15, 0.2) is 0 Å². The van der Waals surface area contributed by atoms with Crippen molar-refractivity contribution in [2.24, 2.45) is 11.7 Å². The molecular formula is C13H26N2O. The molecule has 1 saturated carbocycles. The van der Waals surface area contributed by atoms with Gasteiger partial charge in [0.15, 0.2) is 0 Å². The van der Waals surface area contributed by atoms with Gasteiger partial charge in [0.1, 0.15) is 0 Å². The Bertz CT molecular complexity index is 220. The summed E-state index contributed by atoms with van der Waals surface area (Å²) < 4.78 is 5.50. The second-order valence-corrected chi connectivity index (χ2v) is 5.58. The monoisotopic (exact) mass is 226 g/mol. The minimum Gasteiger partial charge on any atom is -0.381 e. The maximum Gasteiger partial charge on any atom is 0.0586 e. The van der Waals surface area contributed by atoms with E-state index in [2.05, 4.69) is 11.8 Å². The molecule has 0 aromatic carbocycles.